The molecule has 0 unspecified atom stereocenters. The molecule has 3 aliphatic carbocycles. The molecule has 0 spiro atoms. The third kappa shape index (κ3) is 7.48. The smallest absolute Gasteiger partial charge is 0.410 e. The average molecular weight is 772 g/mol. The molecule has 280 valence electrons. The van der Waals surface area contributed by atoms with Crippen LogP contribution in [0.2, 0.25) is 5.02 Å². The molecule has 4 amide bonds. The van der Waals surface area contributed by atoms with E-state index >= 15 is 0 Å². The van der Waals surface area contributed by atoms with Crippen LogP contribution < -0.4 is 10.0 Å². The maximum absolute atomic E-state index is 14.8. The number of fused-ring (bicyclic) bond motifs is 1. The Bertz CT molecular complexity index is 1860. The summed E-state index contributed by atoms with van der Waals surface area (Å²) in [7, 11) is -3.87. The standard InChI is InChI=1S/C37H46ClN5O7S2/c1-3-24-17-37(24,35(46)41-52(48,49)27-13-14-27)40-33(44)31-15-26(50-36(47)42-18-23-11-8-12-30(38)29(23)20-42)19-43(31)34(45)28(22-9-6-5-7-10-22)16-32-39-25(4-2)21-51-32/h3,8,11-12,21-22,24,26-28,31H,1,4-7,9-10,13-20H2,2H3,(H,40,44)(H,41,46)/t24-,26-,28+,31+,37-/m1/s1. The number of rotatable bonds is 12. The monoisotopic (exact) mass is 771 g/mol. The Morgan fingerprint density at radius 2 is 1.92 bits per heavy atom. The number of sulfonamides is 1. The summed E-state index contributed by atoms with van der Waals surface area (Å²) in [5, 5.41) is 5.69. The van der Waals surface area contributed by atoms with Crippen molar-refractivity contribution in [1.82, 2.24) is 24.8 Å². The van der Waals surface area contributed by atoms with Gasteiger partial charge in [0, 0.05) is 41.6 Å². The van der Waals surface area contributed by atoms with E-state index in [1.165, 1.54) is 22.3 Å². The number of halogens is 1. The lowest BCUT2D eigenvalue weighted by Gasteiger charge is -2.34. The number of hydrogen-bond donors (Lipinski definition) is 2. The first-order valence-corrected chi connectivity index (χ1v) is 21.2. The zero-order valence-corrected chi connectivity index (χ0v) is 31.7. The zero-order valence-electron chi connectivity index (χ0n) is 29.4. The van der Waals surface area contributed by atoms with Gasteiger partial charge in [-0.3, -0.25) is 24.0 Å². The van der Waals surface area contributed by atoms with E-state index in [0.29, 0.717) is 30.8 Å². The molecule has 3 saturated carbocycles. The van der Waals surface area contributed by atoms with Crippen molar-refractivity contribution >= 4 is 56.8 Å². The first-order valence-electron chi connectivity index (χ1n) is 18.4. The van der Waals surface area contributed by atoms with Gasteiger partial charge in [0.2, 0.25) is 21.8 Å². The van der Waals surface area contributed by atoms with Crippen LogP contribution in [-0.4, -0.2) is 76.5 Å². The van der Waals surface area contributed by atoms with Gasteiger partial charge in [-0.25, -0.2) is 18.2 Å². The summed E-state index contributed by atoms with van der Waals surface area (Å²) >= 11 is 7.93. The van der Waals surface area contributed by atoms with Crippen LogP contribution in [0.15, 0.2) is 36.2 Å². The van der Waals surface area contributed by atoms with Crippen LogP contribution in [0.4, 0.5) is 4.79 Å². The van der Waals surface area contributed by atoms with Crippen molar-refractivity contribution in [1.29, 1.82) is 0 Å². The fourth-order valence-electron chi connectivity index (χ4n) is 8.12. The Labute approximate surface area is 313 Å². The van der Waals surface area contributed by atoms with E-state index in [4.69, 9.17) is 21.3 Å². The number of ether oxygens (including phenoxy) is 1. The lowest BCUT2D eigenvalue weighted by atomic mass is 9.78. The first-order chi connectivity index (χ1) is 24.9. The number of hydrogen-bond acceptors (Lipinski definition) is 9. The molecule has 2 aromatic rings. The van der Waals surface area contributed by atoms with Gasteiger partial charge in [-0.2, -0.15) is 0 Å². The molecular formula is C37H46ClN5O7S2. The van der Waals surface area contributed by atoms with Gasteiger partial charge in [0.1, 0.15) is 17.7 Å². The van der Waals surface area contributed by atoms with Gasteiger partial charge in [-0.15, -0.1) is 17.9 Å². The highest BCUT2D eigenvalue weighted by atomic mass is 35.5. The Morgan fingerprint density at radius 3 is 2.58 bits per heavy atom. The minimum atomic E-state index is -3.87. The first kappa shape index (κ1) is 36.9. The topological polar surface area (TPSA) is 155 Å². The molecule has 4 fully saturated rings. The molecule has 52 heavy (non-hydrogen) atoms. The number of thiazole rings is 1. The maximum Gasteiger partial charge on any atom is 0.410 e. The SMILES string of the molecule is C=C[C@@H]1C[C@]1(NC(=O)[C@@H]1C[C@@H](OC(=O)N2Cc3cccc(Cl)c3C2)CN1C(=O)[C@@H](Cc1nc(CC)cs1)C1CCCCC1)C(=O)NS(=O)(=O)C1CC1. The molecule has 5 aliphatic rings. The lowest BCUT2D eigenvalue weighted by Crippen LogP contribution is -2.57. The van der Waals surface area contributed by atoms with E-state index < -0.39 is 62.7 Å². The number of nitrogens with one attached hydrogen (secondary N) is 2. The predicted octanol–water partition coefficient (Wildman–Crippen LogP) is 4.89. The van der Waals surface area contributed by atoms with Crippen LogP contribution in [0.5, 0.6) is 0 Å². The highest BCUT2D eigenvalue weighted by Gasteiger charge is 2.62. The predicted molar refractivity (Wildman–Crippen MR) is 196 cm³/mol. The zero-order chi connectivity index (χ0) is 36.8. The van der Waals surface area contributed by atoms with Crippen molar-refractivity contribution < 1.29 is 32.3 Å². The largest absolute Gasteiger partial charge is 0.444 e. The van der Waals surface area contributed by atoms with Crippen LogP contribution >= 0.6 is 22.9 Å². The third-order valence-corrected chi connectivity index (χ3v) is 14.5. The number of benzene rings is 1. The molecule has 1 saturated heterocycles. The Hall–Kier alpha value is -3.49. The van der Waals surface area contributed by atoms with E-state index in [1.54, 1.807) is 11.0 Å². The highest BCUT2D eigenvalue weighted by Crippen LogP contribution is 2.46. The van der Waals surface area contributed by atoms with Crippen molar-refractivity contribution in [3.63, 3.8) is 0 Å². The quantitative estimate of drug-likeness (QED) is 0.289. The van der Waals surface area contributed by atoms with E-state index in [1.807, 2.05) is 24.4 Å². The number of nitrogens with zero attached hydrogens (tertiary/aromatic N) is 3. The fourth-order valence-corrected chi connectivity index (χ4v) is 10.7. The maximum atomic E-state index is 14.8. The summed E-state index contributed by atoms with van der Waals surface area (Å²) < 4.78 is 33.6. The van der Waals surface area contributed by atoms with Gasteiger partial charge in [0.05, 0.1) is 29.0 Å². The second-order valence-corrected chi connectivity index (χ2v) is 18.3. The highest BCUT2D eigenvalue weighted by molar-refractivity contribution is 7.91. The minimum Gasteiger partial charge on any atom is -0.444 e. The van der Waals surface area contributed by atoms with Crippen molar-refractivity contribution in [3.05, 3.63) is 63.1 Å². The number of carbonyl (C=O) groups is 4. The molecule has 3 heterocycles. The molecule has 15 heteroatoms. The lowest BCUT2D eigenvalue weighted by molar-refractivity contribution is -0.144. The van der Waals surface area contributed by atoms with Crippen molar-refractivity contribution in [2.24, 2.45) is 17.8 Å². The van der Waals surface area contributed by atoms with Gasteiger partial charge >= 0.3 is 6.09 Å². The van der Waals surface area contributed by atoms with Crippen molar-refractivity contribution in [2.75, 3.05) is 6.54 Å². The minimum absolute atomic E-state index is 0.00560. The molecule has 2 aliphatic heterocycles. The number of likely N-dealkylation sites (tertiary alicyclic amines) is 1. The van der Waals surface area contributed by atoms with E-state index in [-0.39, 0.29) is 37.8 Å². The molecular weight excluding hydrogens is 726 g/mol. The molecule has 2 N–H and O–H groups in total. The Morgan fingerprint density at radius 1 is 1.15 bits per heavy atom. The average Bonchev–Trinajstić information content (AvgIpc) is 3.94. The summed E-state index contributed by atoms with van der Waals surface area (Å²) in [6, 6.07) is 4.47. The second kappa shape index (κ2) is 14.7. The number of carbonyl (C=O) groups excluding carboxylic acids is 4. The van der Waals surface area contributed by atoms with Crippen LogP contribution in [-0.2, 0) is 55.1 Å². The number of aromatic nitrogens is 1. The van der Waals surface area contributed by atoms with E-state index in [0.717, 1.165) is 60.4 Å². The van der Waals surface area contributed by atoms with Gasteiger partial charge in [-0.05, 0) is 61.6 Å². The van der Waals surface area contributed by atoms with Crippen LogP contribution in [0, 0.1) is 17.8 Å². The van der Waals surface area contributed by atoms with Crippen molar-refractivity contribution in [3.8, 4) is 0 Å². The van der Waals surface area contributed by atoms with Gasteiger partial charge in [0.25, 0.3) is 5.91 Å². The molecule has 5 atom stereocenters. The molecule has 0 radical (unpaired) electrons. The molecule has 12 nitrogen and oxygen atoms in total. The van der Waals surface area contributed by atoms with E-state index in [9.17, 15) is 27.6 Å². The number of aryl methyl sites for hydroxylation is 1. The Balaban J connectivity index is 1.13. The molecule has 7 rings (SSSR count). The Kier molecular flexibility index (Phi) is 10.4. The summed E-state index contributed by atoms with van der Waals surface area (Å²) in [5.74, 6) is -2.42. The molecule has 1 aromatic heterocycles. The normalized spacial score (nSPS) is 26.4. The summed E-state index contributed by atoms with van der Waals surface area (Å²) in [4.78, 5) is 64.0. The summed E-state index contributed by atoms with van der Waals surface area (Å²) in [6.45, 7) is 6.46. The molecule has 0 bridgehead atoms. The van der Waals surface area contributed by atoms with Crippen molar-refractivity contribution in [2.45, 2.75) is 114 Å². The fraction of sp³-hybridized carbons (Fsp3) is 0.595. The van der Waals surface area contributed by atoms with Crippen LogP contribution in [0.25, 0.3) is 0 Å². The summed E-state index contributed by atoms with van der Waals surface area (Å²) in [6.07, 6.45) is 7.49. The summed E-state index contributed by atoms with van der Waals surface area (Å²) in [5.41, 5.74) is 1.26. The third-order valence-electron chi connectivity index (χ3n) is 11.4. The molecule has 1 aromatic carbocycles. The van der Waals surface area contributed by atoms with Crippen LogP contribution in [0.1, 0.15) is 86.5 Å². The van der Waals surface area contributed by atoms with Crippen LogP contribution in [0.3, 0.4) is 0 Å². The van der Waals surface area contributed by atoms with Gasteiger partial charge in [-0.1, -0.05) is 56.0 Å². The second-order valence-electron chi connectivity index (χ2n) is 15.0. The van der Waals surface area contributed by atoms with E-state index in [2.05, 4.69) is 16.6 Å². The van der Waals surface area contributed by atoms with Gasteiger partial charge < -0.3 is 15.0 Å². The van der Waals surface area contributed by atoms with Gasteiger partial charge in [0.15, 0.2) is 0 Å². The number of amides is 4.